The number of anilines is 1. The van der Waals surface area contributed by atoms with E-state index in [-0.39, 0.29) is 16.8 Å². The maximum absolute atomic E-state index is 12.3. The Hall–Kier alpha value is -3.52. The first kappa shape index (κ1) is 19.2. The van der Waals surface area contributed by atoms with Crippen LogP contribution in [0.25, 0.3) is 10.8 Å². The van der Waals surface area contributed by atoms with E-state index in [1.807, 2.05) is 31.2 Å². The van der Waals surface area contributed by atoms with Gasteiger partial charge < -0.3 is 15.3 Å². The van der Waals surface area contributed by atoms with Gasteiger partial charge in [-0.25, -0.2) is 8.42 Å². The molecule has 7 nitrogen and oxygen atoms in total. The summed E-state index contributed by atoms with van der Waals surface area (Å²) in [5.74, 6) is -0.459. The Balaban J connectivity index is 1.63. The highest BCUT2D eigenvalue weighted by atomic mass is 32.2. The van der Waals surface area contributed by atoms with Crippen molar-refractivity contribution >= 4 is 33.6 Å². The first-order chi connectivity index (χ1) is 13.4. The summed E-state index contributed by atoms with van der Waals surface area (Å²) in [4.78, 5) is 19.6. The number of carbonyl (C=O) groups excluding carboxylic acids is 1. The van der Waals surface area contributed by atoms with Crippen LogP contribution in [0.1, 0.15) is 11.1 Å². The molecule has 2 aromatic carbocycles. The number of aryl methyl sites for hydroxylation is 1. The van der Waals surface area contributed by atoms with Crippen molar-refractivity contribution < 1.29 is 13.2 Å². The Kier molecular flexibility index (Phi) is 5.81. The van der Waals surface area contributed by atoms with Crippen molar-refractivity contribution in [3.05, 3.63) is 88.9 Å². The lowest BCUT2D eigenvalue weighted by molar-refractivity contribution is -0.111. The zero-order chi connectivity index (χ0) is 20.0. The van der Waals surface area contributed by atoms with Crippen molar-refractivity contribution in [1.82, 2.24) is 9.97 Å². The third-order valence-corrected chi connectivity index (χ3v) is 4.95. The molecule has 0 bridgehead atoms. The molecule has 0 unspecified atom stereocenters. The molecule has 8 heteroatoms. The van der Waals surface area contributed by atoms with Crippen LogP contribution in [0.4, 0.5) is 11.6 Å². The van der Waals surface area contributed by atoms with Gasteiger partial charge in [0.25, 0.3) is 0 Å². The number of sulfonamides is 1. The Morgan fingerprint density at radius 3 is 2.29 bits per heavy atom. The highest BCUT2D eigenvalue weighted by molar-refractivity contribution is 7.94. The zero-order valence-electron chi connectivity index (χ0n) is 15.0. The van der Waals surface area contributed by atoms with E-state index < -0.39 is 10.0 Å². The van der Waals surface area contributed by atoms with Crippen molar-refractivity contribution in [3.63, 3.8) is 0 Å². The van der Waals surface area contributed by atoms with Gasteiger partial charge in [-0.15, -0.1) is 0 Å². The smallest absolute Gasteiger partial charge is 0.248 e. The van der Waals surface area contributed by atoms with Crippen LogP contribution < -0.4 is 5.32 Å². The van der Waals surface area contributed by atoms with Gasteiger partial charge in [-0.3, -0.25) is 9.52 Å². The van der Waals surface area contributed by atoms with E-state index in [4.69, 9.17) is 0 Å². The lowest BCUT2D eigenvalue weighted by Crippen LogP contribution is -2.08. The number of nitrogens with one attached hydrogen (secondary N) is 1. The van der Waals surface area contributed by atoms with E-state index in [1.165, 1.54) is 42.7 Å². The lowest BCUT2D eigenvalue weighted by Gasteiger charge is -2.12. The number of rotatable bonds is 6. The molecule has 1 amide bonds. The summed E-state index contributed by atoms with van der Waals surface area (Å²) in [6.07, 6.45) is 5.93. The molecule has 3 rings (SSSR count). The SMILES string of the molecule is Cc1ccc(C=CC(=O)Nc2ccc(S(=O)(=O)[N-]c3ncccn3)cc2)cc1. The van der Waals surface area contributed by atoms with Crippen LogP contribution in [0.2, 0.25) is 0 Å². The second-order valence-corrected chi connectivity index (χ2v) is 7.48. The molecule has 0 saturated heterocycles. The summed E-state index contributed by atoms with van der Waals surface area (Å²) in [5, 5.41) is 2.68. The van der Waals surface area contributed by atoms with Crippen molar-refractivity contribution in [3.8, 4) is 0 Å². The van der Waals surface area contributed by atoms with E-state index in [0.717, 1.165) is 11.1 Å². The Bertz CT molecular complexity index is 1080. The molecule has 28 heavy (non-hydrogen) atoms. The Morgan fingerprint density at radius 1 is 1.00 bits per heavy atom. The van der Waals surface area contributed by atoms with Gasteiger partial charge in [-0.2, -0.15) is 0 Å². The number of hydrogen-bond acceptors (Lipinski definition) is 5. The maximum Gasteiger partial charge on any atom is 0.248 e. The molecule has 0 aliphatic heterocycles. The highest BCUT2D eigenvalue weighted by Crippen LogP contribution is 2.24. The van der Waals surface area contributed by atoms with Crippen molar-refractivity contribution in [1.29, 1.82) is 0 Å². The van der Waals surface area contributed by atoms with Crippen molar-refractivity contribution in [2.24, 2.45) is 0 Å². The number of aromatic nitrogens is 2. The van der Waals surface area contributed by atoms with Crippen LogP contribution in [0, 0.1) is 6.92 Å². The molecular formula is C20H17N4O3S-. The number of carbonyl (C=O) groups is 1. The summed E-state index contributed by atoms with van der Waals surface area (Å²) in [7, 11) is -3.94. The van der Waals surface area contributed by atoms with Crippen LogP contribution in [-0.4, -0.2) is 24.3 Å². The van der Waals surface area contributed by atoms with Gasteiger partial charge in [-0.1, -0.05) is 35.9 Å². The summed E-state index contributed by atoms with van der Waals surface area (Å²) in [6.45, 7) is 1.99. The average molecular weight is 393 g/mol. The van der Waals surface area contributed by atoms with E-state index >= 15 is 0 Å². The third-order valence-electron chi connectivity index (χ3n) is 3.68. The second-order valence-electron chi connectivity index (χ2n) is 5.87. The molecule has 1 N–H and O–H groups in total. The largest absolute Gasteiger partial charge is 0.366 e. The number of nitrogens with zero attached hydrogens (tertiary/aromatic N) is 3. The monoisotopic (exact) mass is 393 g/mol. The number of amides is 1. The van der Waals surface area contributed by atoms with Crippen LogP contribution in [0.15, 0.2) is 78.0 Å². The highest BCUT2D eigenvalue weighted by Gasteiger charge is 2.11. The van der Waals surface area contributed by atoms with Gasteiger partial charge in [0.15, 0.2) is 0 Å². The Morgan fingerprint density at radius 2 is 1.64 bits per heavy atom. The lowest BCUT2D eigenvalue weighted by atomic mass is 10.1. The average Bonchev–Trinajstić information content (AvgIpc) is 2.68. The van der Waals surface area contributed by atoms with E-state index in [1.54, 1.807) is 12.1 Å². The summed E-state index contributed by atoms with van der Waals surface area (Å²) in [5.41, 5.74) is 2.52. The molecule has 0 aliphatic carbocycles. The number of hydrogen-bond donors (Lipinski definition) is 1. The van der Waals surface area contributed by atoms with Gasteiger partial charge in [0, 0.05) is 17.7 Å². The van der Waals surface area contributed by atoms with Crippen LogP contribution >= 0.6 is 0 Å². The third kappa shape index (κ3) is 5.24. The summed E-state index contributed by atoms with van der Waals surface area (Å²) < 4.78 is 28.1. The molecule has 0 spiro atoms. The van der Waals surface area contributed by atoms with Gasteiger partial charge in [-0.05, 0) is 55.2 Å². The molecule has 0 atom stereocenters. The van der Waals surface area contributed by atoms with Crippen LogP contribution in [0.5, 0.6) is 0 Å². The van der Waals surface area contributed by atoms with Crippen LogP contribution in [-0.2, 0) is 14.8 Å². The maximum atomic E-state index is 12.3. The first-order valence-electron chi connectivity index (χ1n) is 8.33. The molecule has 0 saturated carbocycles. The first-order valence-corrected chi connectivity index (χ1v) is 9.77. The molecule has 142 valence electrons. The number of benzene rings is 2. The topological polar surface area (TPSA) is 103 Å². The van der Waals surface area contributed by atoms with Gasteiger partial charge in [0.2, 0.25) is 15.9 Å². The molecule has 0 aliphatic rings. The minimum atomic E-state index is -3.94. The minimum absolute atomic E-state index is 0.0202. The molecule has 0 fully saturated rings. The molecule has 1 heterocycles. The zero-order valence-corrected chi connectivity index (χ0v) is 15.8. The summed E-state index contributed by atoms with van der Waals surface area (Å²) in [6, 6.07) is 15.0. The van der Waals surface area contributed by atoms with Crippen molar-refractivity contribution in [2.45, 2.75) is 11.8 Å². The predicted octanol–water partition coefficient (Wildman–Crippen LogP) is 3.83. The molecular weight excluding hydrogens is 376 g/mol. The molecule has 1 aromatic heterocycles. The van der Waals surface area contributed by atoms with Crippen molar-refractivity contribution in [2.75, 3.05) is 5.32 Å². The second kappa shape index (κ2) is 8.45. The fourth-order valence-electron chi connectivity index (χ4n) is 2.24. The van der Waals surface area contributed by atoms with Crippen LogP contribution in [0.3, 0.4) is 0 Å². The standard InChI is InChI=1S/C20H18N4O3S/c1-15-3-5-16(6-4-15)7-12-19(25)23-17-8-10-18(11-9-17)28(26,27)24-20-21-13-2-14-22-20/h2-14H,1H3,(H2,21,22,23,24,25)/p-1. The molecule has 3 aromatic rings. The minimum Gasteiger partial charge on any atom is -0.366 e. The summed E-state index contributed by atoms with van der Waals surface area (Å²) >= 11 is 0. The predicted molar refractivity (Wildman–Crippen MR) is 108 cm³/mol. The Labute approximate surface area is 163 Å². The molecule has 0 radical (unpaired) electrons. The van der Waals surface area contributed by atoms with E-state index in [0.29, 0.717) is 5.69 Å². The van der Waals surface area contributed by atoms with Gasteiger partial charge >= 0.3 is 0 Å². The van der Waals surface area contributed by atoms with Gasteiger partial charge in [0.1, 0.15) is 0 Å². The van der Waals surface area contributed by atoms with E-state index in [9.17, 15) is 13.2 Å². The van der Waals surface area contributed by atoms with E-state index in [2.05, 4.69) is 20.0 Å². The fourth-order valence-corrected chi connectivity index (χ4v) is 3.14. The van der Waals surface area contributed by atoms with Gasteiger partial charge in [0.05, 0.1) is 4.90 Å². The normalized spacial score (nSPS) is 11.3. The fraction of sp³-hybridized carbons (Fsp3) is 0.0500. The quantitative estimate of drug-likeness (QED) is 0.641.